The van der Waals surface area contributed by atoms with Crippen LogP contribution in [0.5, 0.6) is 11.5 Å². The number of carbonyl (C=O) groups is 2. The molecule has 4 N–H and O–H groups in total. The summed E-state index contributed by atoms with van der Waals surface area (Å²) in [5.74, 6) is -0.0918. The van der Waals surface area contributed by atoms with Gasteiger partial charge < -0.3 is 25.3 Å². The van der Waals surface area contributed by atoms with Crippen LogP contribution in [0.4, 0.5) is 4.79 Å². The number of amides is 1. The number of rotatable bonds is 5. The van der Waals surface area contributed by atoms with Gasteiger partial charge in [-0.2, -0.15) is 0 Å². The first-order chi connectivity index (χ1) is 12.0. The number of phenolic OH excluding ortho intramolecular Hbond substituents is 1. The van der Waals surface area contributed by atoms with Crippen molar-refractivity contribution >= 4 is 33.6 Å². The van der Waals surface area contributed by atoms with E-state index in [0.717, 1.165) is 0 Å². The molecule has 130 valence electrons. The van der Waals surface area contributed by atoms with Crippen LogP contribution in [0.2, 0.25) is 0 Å². The molecule has 1 aromatic heterocycles. The number of fused-ring (bicyclic) bond motifs is 2. The minimum Gasteiger partial charge on any atom is -0.504 e. The third-order valence-electron chi connectivity index (χ3n) is 3.81. The van der Waals surface area contributed by atoms with E-state index in [1.54, 1.807) is 24.3 Å². The van der Waals surface area contributed by atoms with Gasteiger partial charge in [-0.05, 0) is 19.0 Å². The van der Waals surface area contributed by atoms with E-state index < -0.39 is 6.09 Å². The Balaban J connectivity index is 2.14. The Kier molecular flexibility index (Phi) is 4.58. The van der Waals surface area contributed by atoms with Gasteiger partial charge in [-0.3, -0.25) is 4.79 Å². The Morgan fingerprint density at radius 1 is 1.24 bits per heavy atom. The van der Waals surface area contributed by atoms with Gasteiger partial charge in [-0.15, -0.1) is 0 Å². The Morgan fingerprint density at radius 3 is 2.64 bits per heavy atom. The summed E-state index contributed by atoms with van der Waals surface area (Å²) in [5, 5.41) is 14.4. The Bertz CT molecular complexity index is 961. The maximum absolute atomic E-state index is 12.1. The second kappa shape index (κ2) is 6.82. The topological polar surface area (TPSA) is 115 Å². The predicted octanol–water partition coefficient (Wildman–Crippen LogP) is 2.93. The van der Waals surface area contributed by atoms with Crippen molar-refractivity contribution in [3.8, 4) is 11.5 Å². The highest BCUT2D eigenvalue weighted by molar-refractivity contribution is 6.11. The summed E-state index contributed by atoms with van der Waals surface area (Å²) in [6, 6.07) is 8.37. The van der Waals surface area contributed by atoms with Gasteiger partial charge in [0.2, 0.25) is 0 Å². The number of aromatic hydroxyl groups is 1. The average Bonchev–Trinajstić information content (AvgIpc) is 3.05. The lowest BCUT2D eigenvalue weighted by molar-refractivity contribution is 0.0989. The summed E-state index contributed by atoms with van der Waals surface area (Å²) in [4.78, 5) is 23.7. The lowest BCUT2D eigenvalue weighted by atomic mass is 10.1. The Morgan fingerprint density at radius 2 is 1.96 bits per heavy atom. The highest BCUT2D eigenvalue weighted by Gasteiger charge is 2.21. The van der Waals surface area contributed by atoms with Crippen LogP contribution in [-0.4, -0.2) is 30.1 Å². The van der Waals surface area contributed by atoms with Crippen LogP contribution in [-0.2, 0) is 0 Å². The summed E-state index contributed by atoms with van der Waals surface area (Å²) < 4.78 is 10.9. The van der Waals surface area contributed by atoms with Crippen molar-refractivity contribution in [2.24, 2.45) is 5.73 Å². The van der Waals surface area contributed by atoms with Crippen molar-refractivity contribution in [2.75, 3.05) is 13.1 Å². The molecular weight excluding hydrogens is 324 g/mol. The number of ether oxygens (including phenoxy) is 1. The maximum atomic E-state index is 12.1. The largest absolute Gasteiger partial charge is 0.504 e. The summed E-state index contributed by atoms with van der Waals surface area (Å²) in [6.07, 6.45) is -0.0164. The third-order valence-corrected chi connectivity index (χ3v) is 3.81. The standard InChI is InChI=1S/C18H18N2O5/c1-10(21)14-9-13-16(25-18(23)20-8-4-7-19)12-6-3-2-5-11(12)15(22)17(13)24-14/h2-3,5-6,9,22H,4,7-8,19H2,1H3,(H,20,23). The molecule has 3 aromatic rings. The van der Waals surface area contributed by atoms with E-state index in [2.05, 4.69) is 5.32 Å². The number of furan rings is 1. The van der Waals surface area contributed by atoms with Crippen molar-refractivity contribution in [2.45, 2.75) is 13.3 Å². The first-order valence-corrected chi connectivity index (χ1v) is 7.86. The summed E-state index contributed by atoms with van der Waals surface area (Å²) in [6.45, 7) is 2.20. The minimum absolute atomic E-state index is 0.0778. The number of phenols is 1. The molecule has 7 nitrogen and oxygen atoms in total. The van der Waals surface area contributed by atoms with Crippen LogP contribution in [0.25, 0.3) is 21.7 Å². The highest BCUT2D eigenvalue weighted by atomic mass is 16.6. The van der Waals surface area contributed by atoms with Crippen molar-refractivity contribution < 1.29 is 23.8 Å². The van der Waals surface area contributed by atoms with Crippen molar-refractivity contribution in [1.82, 2.24) is 5.32 Å². The molecule has 2 aromatic carbocycles. The average molecular weight is 342 g/mol. The van der Waals surface area contributed by atoms with Crippen LogP contribution < -0.4 is 15.8 Å². The SMILES string of the molecule is CC(=O)c1cc2c(OC(=O)NCCCN)c3ccccc3c(O)c2o1. The lowest BCUT2D eigenvalue weighted by Crippen LogP contribution is -2.29. The summed E-state index contributed by atoms with van der Waals surface area (Å²) in [7, 11) is 0. The molecule has 0 atom stereocenters. The highest BCUT2D eigenvalue weighted by Crippen LogP contribution is 2.43. The van der Waals surface area contributed by atoms with Crippen LogP contribution >= 0.6 is 0 Å². The van der Waals surface area contributed by atoms with Gasteiger partial charge in [0.1, 0.15) is 0 Å². The number of ketones is 1. The molecule has 0 unspecified atom stereocenters. The monoisotopic (exact) mass is 342 g/mol. The zero-order valence-corrected chi connectivity index (χ0v) is 13.7. The Labute approximate surface area is 143 Å². The second-order valence-electron chi connectivity index (χ2n) is 5.59. The molecule has 0 fully saturated rings. The number of carbonyl (C=O) groups excluding carboxylic acids is 2. The van der Waals surface area contributed by atoms with Gasteiger partial charge in [0, 0.05) is 24.2 Å². The maximum Gasteiger partial charge on any atom is 0.412 e. The van der Waals surface area contributed by atoms with E-state index in [0.29, 0.717) is 35.7 Å². The molecule has 1 heterocycles. The fourth-order valence-electron chi connectivity index (χ4n) is 2.60. The molecule has 0 radical (unpaired) electrons. The molecule has 0 aliphatic heterocycles. The molecular formula is C18H18N2O5. The zero-order chi connectivity index (χ0) is 18.0. The van der Waals surface area contributed by atoms with Gasteiger partial charge >= 0.3 is 6.09 Å². The van der Waals surface area contributed by atoms with Gasteiger partial charge in [-0.25, -0.2) is 4.79 Å². The molecule has 25 heavy (non-hydrogen) atoms. The van der Waals surface area contributed by atoms with E-state index in [9.17, 15) is 14.7 Å². The van der Waals surface area contributed by atoms with Crippen LogP contribution in [0.3, 0.4) is 0 Å². The first kappa shape index (κ1) is 16.8. The van der Waals surface area contributed by atoms with Crippen molar-refractivity contribution in [3.63, 3.8) is 0 Å². The normalized spacial score (nSPS) is 11.0. The molecule has 0 aliphatic rings. The smallest absolute Gasteiger partial charge is 0.412 e. The van der Waals surface area contributed by atoms with E-state index >= 15 is 0 Å². The molecule has 0 saturated heterocycles. The molecule has 3 rings (SSSR count). The molecule has 7 heteroatoms. The quantitative estimate of drug-likeness (QED) is 0.485. The molecule has 0 bridgehead atoms. The van der Waals surface area contributed by atoms with E-state index in [1.807, 2.05) is 0 Å². The zero-order valence-electron chi connectivity index (χ0n) is 13.7. The summed E-state index contributed by atoms with van der Waals surface area (Å²) in [5.41, 5.74) is 5.50. The molecule has 1 amide bonds. The molecule has 0 saturated carbocycles. The van der Waals surface area contributed by atoms with Crippen molar-refractivity contribution in [1.29, 1.82) is 0 Å². The fourth-order valence-corrected chi connectivity index (χ4v) is 2.60. The first-order valence-electron chi connectivity index (χ1n) is 7.86. The van der Waals surface area contributed by atoms with E-state index in [4.69, 9.17) is 14.9 Å². The Hall–Kier alpha value is -3.06. The van der Waals surface area contributed by atoms with E-state index in [-0.39, 0.29) is 28.6 Å². The molecule has 0 spiro atoms. The minimum atomic E-state index is -0.642. The number of nitrogens with two attached hydrogens (primary N) is 1. The lowest BCUT2D eigenvalue weighted by Gasteiger charge is -2.11. The number of benzene rings is 2. The second-order valence-corrected chi connectivity index (χ2v) is 5.59. The fraction of sp³-hybridized carbons (Fsp3) is 0.222. The number of Topliss-reactive ketones (excluding diaryl/α,β-unsaturated/α-hetero) is 1. The number of nitrogens with one attached hydrogen (secondary N) is 1. The molecule has 0 aliphatic carbocycles. The van der Waals surface area contributed by atoms with Crippen molar-refractivity contribution in [3.05, 3.63) is 36.1 Å². The van der Waals surface area contributed by atoms with Crippen LogP contribution in [0.15, 0.2) is 34.7 Å². The van der Waals surface area contributed by atoms with Gasteiger partial charge in [0.15, 0.2) is 28.6 Å². The van der Waals surface area contributed by atoms with Gasteiger partial charge in [0.05, 0.1) is 5.39 Å². The van der Waals surface area contributed by atoms with Crippen LogP contribution in [0.1, 0.15) is 23.9 Å². The van der Waals surface area contributed by atoms with Gasteiger partial charge in [-0.1, -0.05) is 24.3 Å². The summed E-state index contributed by atoms with van der Waals surface area (Å²) >= 11 is 0. The van der Waals surface area contributed by atoms with Gasteiger partial charge in [0.25, 0.3) is 0 Å². The number of hydrogen-bond acceptors (Lipinski definition) is 6. The van der Waals surface area contributed by atoms with E-state index in [1.165, 1.54) is 13.0 Å². The predicted molar refractivity (Wildman–Crippen MR) is 93.1 cm³/mol. The third kappa shape index (κ3) is 3.14. The number of hydrogen-bond donors (Lipinski definition) is 3. The van der Waals surface area contributed by atoms with Crippen LogP contribution in [0, 0.1) is 0 Å².